The van der Waals surface area contributed by atoms with Crippen LogP contribution in [0.25, 0.3) is 12.2 Å². The van der Waals surface area contributed by atoms with E-state index in [9.17, 15) is 55.1 Å². The molecule has 4 atom stereocenters. The van der Waals surface area contributed by atoms with Crippen molar-refractivity contribution in [1.29, 1.82) is 0 Å². The number of halogens is 8. The monoisotopic (exact) mass is 1730 g/mol. The second-order valence-corrected chi connectivity index (χ2v) is 32.3. The van der Waals surface area contributed by atoms with Gasteiger partial charge in [-0.3, -0.25) is 52.8 Å². The highest BCUT2D eigenvalue weighted by molar-refractivity contribution is 6.38. The number of nitrogens with zero attached hydrogens (tertiary/aromatic N) is 8. The number of carbonyl (C=O) groups excluding carboxylic acids is 3. The average Bonchev–Trinajstić information content (AvgIpc) is 1.53. The summed E-state index contributed by atoms with van der Waals surface area (Å²) in [6, 6.07) is 63.7. The lowest BCUT2D eigenvalue weighted by Crippen LogP contribution is -2.62. The van der Waals surface area contributed by atoms with Gasteiger partial charge in [0.1, 0.15) is 55.8 Å². The molecule has 6 aliphatic carbocycles. The highest BCUT2D eigenvalue weighted by Crippen LogP contribution is 2.64. The first kappa shape index (κ1) is 86.6. The Bertz CT molecular complexity index is 6420. The Hall–Kier alpha value is -13.3. The number of hydrogen-bond acceptors (Lipinski definition) is 12. The highest BCUT2D eigenvalue weighted by atomic mass is 35.5. The molecule has 640 valence electrons. The van der Waals surface area contributed by atoms with Crippen molar-refractivity contribution in [3.05, 3.63) is 414 Å². The predicted octanol–water partition coefficient (Wildman–Crippen LogP) is 17.8. The maximum Gasteiger partial charge on any atom is 0.277 e. The average molecular weight is 1730 g/mol. The van der Waals surface area contributed by atoms with Crippen LogP contribution in [-0.4, -0.2) is 91.0 Å². The summed E-state index contributed by atoms with van der Waals surface area (Å²) in [4.78, 5) is 81.6. The van der Waals surface area contributed by atoms with Gasteiger partial charge in [0.2, 0.25) is 16.3 Å². The molecule has 21 rings (SSSR count). The first-order valence-corrected chi connectivity index (χ1v) is 40.8. The molecule has 0 saturated carbocycles. The van der Waals surface area contributed by atoms with Crippen LogP contribution in [0.2, 0.25) is 0 Å². The molecule has 18 nitrogen and oxygen atoms in total. The van der Waals surface area contributed by atoms with Crippen molar-refractivity contribution in [3.8, 4) is 17.2 Å². The second-order valence-electron chi connectivity index (χ2n) is 31.0. The standard InChI is InChI=1S/2C32H25F2N3O3.C16H10Cl2F2.C16H17N3O3.3CH4/c2*1-2-35-19-37(36-13-12-28(38)30(29(36)31(35)39)40-18-20-8-4-3-5-9-20)32-23(14-21-10-6-7-11-24(21)32)15-22-16-26(33)27(34)17-25(22)32;17-15-7-9-3-1-2-4-11(9)16(15,18)12-5-6-13(19)14(20)10(12)8-15;1-2-18-11-17-19-9-8-13(20)15(14(19)16(18)21)22-10-12-6-4-3-5-7-12;;;/h3-13,15-17H,2,14,18-19H2,1H3;3-14,16-17H,2,15,18-19H2,1H3;1-6H,7-8H2;3-9,17H,2,10-11H2,1H3;3*1H4. The van der Waals surface area contributed by atoms with Crippen LogP contribution >= 0.6 is 23.2 Å². The summed E-state index contributed by atoms with van der Waals surface area (Å²) in [5.41, 5.74) is 14.1. The number of nitrogens with one attached hydrogen (secondary N) is 1. The topological polar surface area (TPSA) is 173 Å². The summed E-state index contributed by atoms with van der Waals surface area (Å²) in [6.45, 7) is 8.12. The second kappa shape index (κ2) is 34.1. The van der Waals surface area contributed by atoms with E-state index in [0.29, 0.717) is 78.9 Å². The van der Waals surface area contributed by atoms with Crippen LogP contribution in [0.5, 0.6) is 17.2 Å². The number of aromatic nitrogens is 3. The van der Waals surface area contributed by atoms with Crippen LogP contribution in [0.3, 0.4) is 0 Å². The van der Waals surface area contributed by atoms with Crippen molar-refractivity contribution in [2.24, 2.45) is 0 Å². The minimum Gasteiger partial charge on any atom is -0.482 e. The number of fused-ring (bicyclic) bond motifs is 18. The fourth-order valence-electron chi connectivity index (χ4n) is 18.7. The van der Waals surface area contributed by atoms with Gasteiger partial charge in [0, 0.05) is 56.4 Å². The van der Waals surface area contributed by atoms with Gasteiger partial charge in [0.05, 0.1) is 4.87 Å². The lowest BCUT2D eigenvalue weighted by Gasteiger charge is -2.49. The molecule has 26 heteroatoms. The lowest BCUT2D eigenvalue weighted by atomic mass is 9.83. The third kappa shape index (κ3) is 14.1. The largest absolute Gasteiger partial charge is 0.482 e. The molecule has 4 unspecified atom stereocenters. The zero-order valence-corrected chi connectivity index (χ0v) is 67.7. The molecule has 0 fully saturated rings. The summed E-state index contributed by atoms with van der Waals surface area (Å²) in [6.07, 6.45) is 10.5. The molecular weight excluding hydrogens is 1640 g/mol. The van der Waals surface area contributed by atoms with E-state index in [1.807, 2.05) is 201 Å². The molecular formula is C99H89Cl2F6N9O9. The molecule has 3 aromatic heterocycles. The number of carbonyl (C=O) groups is 3. The van der Waals surface area contributed by atoms with Gasteiger partial charge in [-0.1, -0.05) is 204 Å². The molecule has 3 amide bonds. The summed E-state index contributed by atoms with van der Waals surface area (Å²) >= 11 is 13.6. The Morgan fingerprint density at radius 2 is 0.824 bits per heavy atom. The third-order valence-electron chi connectivity index (χ3n) is 24.4. The van der Waals surface area contributed by atoms with E-state index in [1.54, 1.807) is 53.4 Å². The highest BCUT2D eigenvalue weighted by Gasteiger charge is 2.63. The number of benzene rings is 9. The zero-order valence-electron chi connectivity index (χ0n) is 66.1. The number of hydrogen-bond donors (Lipinski definition) is 1. The Balaban J connectivity index is 0.000000133. The number of rotatable bonds is 14. The van der Waals surface area contributed by atoms with Crippen LogP contribution in [0.1, 0.15) is 158 Å². The van der Waals surface area contributed by atoms with Crippen molar-refractivity contribution in [2.75, 3.05) is 55.1 Å². The number of alkyl halides is 2. The molecule has 9 aliphatic rings. The summed E-state index contributed by atoms with van der Waals surface area (Å²) in [5.74, 6) is -6.24. The first-order valence-electron chi connectivity index (χ1n) is 40.0. The maximum absolute atomic E-state index is 14.9. The quantitative estimate of drug-likeness (QED) is 0.0807. The summed E-state index contributed by atoms with van der Waals surface area (Å²) in [5, 5.41) is 3.95. The van der Waals surface area contributed by atoms with Crippen LogP contribution in [0.15, 0.2) is 263 Å². The van der Waals surface area contributed by atoms with Crippen molar-refractivity contribution >= 4 is 53.1 Å². The molecule has 0 bridgehead atoms. The minimum atomic E-state index is -1.02. The molecule has 12 aromatic rings. The van der Waals surface area contributed by atoms with Crippen molar-refractivity contribution in [1.82, 2.24) is 28.7 Å². The molecule has 0 radical (unpaired) electrons. The maximum atomic E-state index is 14.9. The van der Waals surface area contributed by atoms with Gasteiger partial charge in [-0.05, 0) is 171 Å². The molecule has 9 aromatic carbocycles. The normalized spacial score (nSPS) is 19.1. The zero-order chi connectivity index (χ0) is 84.8. The Labute approximate surface area is 728 Å². The third-order valence-corrected chi connectivity index (χ3v) is 25.8. The fraction of sp³-hybridized carbons (Fsp3) is 0.232. The van der Waals surface area contributed by atoms with Gasteiger partial charge in [-0.25, -0.2) is 26.3 Å². The van der Waals surface area contributed by atoms with E-state index in [0.717, 1.165) is 67.3 Å². The molecule has 6 heterocycles. The Morgan fingerprint density at radius 3 is 1.37 bits per heavy atom. The predicted molar refractivity (Wildman–Crippen MR) is 471 cm³/mol. The Morgan fingerprint density at radius 1 is 0.392 bits per heavy atom. The van der Waals surface area contributed by atoms with E-state index < -0.39 is 66.6 Å². The molecule has 3 aliphatic heterocycles. The van der Waals surface area contributed by atoms with Crippen LogP contribution in [-0.2, 0) is 61.5 Å². The lowest BCUT2D eigenvalue weighted by molar-refractivity contribution is 0.0667. The Kier molecular flexibility index (Phi) is 23.6. The van der Waals surface area contributed by atoms with E-state index >= 15 is 0 Å². The van der Waals surface area contributed by atoms with E-state index in [2.05, 4.69) is 11.5 Å². The molecule has 0 saturated heterocycles. The molecule has 125 heavy (non-hydrogen) atoms. The van der Waals surface area contributed by atoms with Crippen LogP contribution < -0.4 is 45.9 Å². The van der Waals surface area contributed by atoms with Gasteiger partial charge >= 0.3 is 0 Å². The van der Waals surface area contributed by atoms with Crippen molar-refractivity contribution in [3.63, 3.8) is 0 Å². The summed E-state index contributed by atoms with van der Waals surface area (Å²) in [7, 11) is 0. The molecule has 1 N–H and O–H groups in total. The van der Waals surface area contributed by atoms with Crippen LogP contribution in [0, 0.1) is 34.9 Å². The summed E-state index contributed by atoms with van der Waals surface area (Å²) < 4.78 is 109. The van der Waals surface area contributed by atoms with Crippen LogP contribution in [0.4, 0.5) is 26.3 Å². The fourth-order valence-corrected chi connectivity index (χ4v) is 19.7. The van der Waals surface area contributed by atoms with Gasteiger partial charge in [0.15, 0.2) is 69.2 Å². The van der Waals surface area contributed by atoms with Gasteiger partial charge in [0.25, 0.3) is 17.7 Å². The minimum absolute atomic E-state index is 0. The smallest absolute Gasteiger partial charge is 0.277 e. The van der Waals surface area contributed by atoms with Crippen molar-refractivity contribution < 1.29 is 54.9 Å². The number of pyridine rings is 3. The number of amides is 3. The van der Waals surface area contributed by atoms with Gasteiger partial charge in [-0.15, -0.1) is 23.2 Å². The van der Waals surface area contributed by atoms with Gasteiger partial charge < -0.3 is 34.3 Å². The van der Waals surface area contributed by atoms with E-state index in [1.165, 1.54) is 42.5 Å². The SMILES string of the molecule is C.C.C.CCN1CN(C23C(=Cc4cc(F)c(F)cc42)Cc2ccccc23)n2ccc(=O)c(OCc3ccccc3)c2C1=O.CCN1CN(C23C(=Cc4ccccc42)Cc2cc(F)c(F)cc23)n2ccc(=O)c(OCc3ccccc3)c2C1=O.CCN1CNn2ccc(=O)c(OCc3ccccc3)c2C1=O.Fc1ccc2c(c1F)CC1(Cl)Cc3ccccc3C21Cl. The van der Waals surface area contributed by atoms with E-state index in [-0.39, 0.29) is 119 Å². The first-order chi connectivity index (χ1) is 59.0. The van der Waals surface area contributed by atoms with Crippen molar-refractivity contribution in [2.45, 2.75) is 109 Å². The van der Waals surface area contributed by atoms with Gasteiger partial charge in [-0.2, -0.15) is 0 Å². The van der Waals surface area contributed by atoms with E-state index in [4.69, 9.17) is 37.4 Å². The number of ether oxygens (including phenoxy) is 3. The molecule has 0 spiro atoms.